The summed E-state index contributed by atoms with van der Waals surface area (Å²) >= 11 is 0. The van der Waals surface area contributed by atoms with Gasteiger partial charge in [0.1, 0.15) is 13.2 Å². The van der Waals surface area contributed by atoms with Crippen LogP contribution in [0.1, 0.15) is 342 Å². The van der Waals surface area contributed by atoms with E-state index in [1.54, 1.807) is 0 Å². The smallest absolute Gasteiger partial charge is 0.306 e. The summed E-state index contributed by atoms with van der Waals surface area (Å²) < 4.78 is 16.9. The van der Waals surface area contributed by atoms with E-state index in [0.29, 0.717) is 19.3 Å². The van der Waals surface area contributed by atoms with Crippen LogP contribution >= 0.6 is 0 Å². The number of unbranched alkanes of at least 4 members (excludes halogenated alkanes) is 38. The molecule has 0 spiro atoms. The van der Waals surface area contributed by atoms with Crippen molar-refractivity contribution < 1.29 is 28.6 Å². The van der Waals surface area contributed by atoms with Crippen LogP contribution in [0.5, 0.6) is 0 Å². The average molecular weight is 1080 g/mol. The Hall–Kier alpha value is -3.15. The Kier molecular flexibility index (Phi) is 62.7. The normalized spacial score (nSPS) is 12.5. The van der Waals surface area contributed by atoms with E-state index in [2.05, 4.69) is 93.7 Å². The Balaban J connectivity index is 4.17. The lowest BCUT2D eigenvalue weighted by Crippen LogP contribution is -2.30. The lowest BCUT2D eigenvalue weighted by molar-refractivity contribution is -0.167. The van der Waals surface area contributed by atoms with Crippen molar-refractivity contribution in [3.63, 3.8) is 0 Å². The van der Waals surface area contributed by atoms with E-state index in [-0.39, 0.29) is 31.1 Å². The van der Waals surface area contributed by atoms with Gasteiger partial charge in [-0.2, -0.15) is 0 Å². The van der Waals surface area contributed by atoms with E-state index < -0.39 is 6.10 Å². The first-order chi connectivity index (χ1) is 38.0. The highest BCUT2D eigenvalue weighted by Gasteiger charge is 2.19. The maximum atomic E-state index is 12.9. The van der Waals surface area contributed by atoms with E-state index >= 15 is 0 Å². The minimum Gasteiger partial charge on any atom is -0.462 e. The zero-order chi connectivity index (χ0) is 55.7. The lowest BCUT2D eigenvalue weighted by Gasteiger charge is -2.18. The number of rotatable bonds is 61. The first-order valence-electron chi connectivity index (χ1n) is 33.4. The van der Waals surface area contributed by atoms with Gasteiger partial charge in [-0.25, -0.2) is 0 Å². The summed E-state index contributed by atoms with van der Waals surface area (Å²) in [5.41, 5.74) is 0. The maximum Gasteiger partial charge on any atom is 0.306 e. The third kappa shape index (κ3) is 63.6. The molecule has 0 aromatic rings. The van der Waals surface area contributed by atoms with Crippen molar-refractivity contribution in [3.05, 3.63) is 72.9 Å². The molecular weight excluding hydrogens is 949 g/mol. The fraction of sp³-hybridized carbons (Fsp3) is 0.789. The monoisotopic (exact) mass is 1070 g/mol. The van der Waals surface area contributed by atoms with Crippen LogP contribution in [0.15, 0.2) is 72.9 Å². The summed E-state index contributed by atoms with van der Waals surface area (Å²) in [6.45, 7) is 6.56. The van der Waals surface area contributed by atoms with Crippen molar-refractivity contribution in [1.82, 2.24) is 0 Å². The van der Waals surface area contributed by atoms with Crippen molar-refractivity contribution in [1.29, 1.82) is 0 Å². The van der Waals surface area contributed by atoms with Gasteiger partial charge < -0.3 is 14.2 Å². The van der Waals surface area contributed by atoms with Crippen molar-refractivity contribution in [2.24, 2.45) is 0 Å². The predicted octanol–water partition coefficient (Wildman–Crippen LogP) is 22.9. The molecule has 77 heavy (non-hydrogen) atoms. The third-order valence-electron chi connectivity index (χ3n) is 14.7. The Morgan fingerprint density at radius 2 is 0.506 bits per heavy atom. The quantitative estimate of drug-likeness (QED) is 0.0261. The Bertz CT molecular complexity index is 1420. The molecule has 0 aliphatic heterocycles. The molecule has 1 unspecified atom stereocenters. The van der Waals surface area contributed by atoms with Crippen LogP contribution in [-0.4, -0.2) is 37.2 Å². The molecule has 6 heteroatoms. The molecule has 6 nitrogen and oxygen atoms in total. The molecule has 0 bridgehead atoms. The molecule has 0 saturated carbocycles. The third-order valence-corrected chi connectivity index (χ3v) is 14.7. The van der Waals surface area contributed by atoms with Gasteiger partial charge in [0.25, 0.3) is 0 Å². The molecule has 0 aliphatic rings. The fourth-order valence-corrected chi connectivity index (χ4v) is 9.70. The Morgan fingerprint density at radius 1 is 0.273 bits per heavy atom. The molecule has 0 amide bonds. The Labute approximate surface area is 478 Å². The summed E-state index contributed by atoms with van der Waals surface area (Å²) in [6, 6.07) is 0. The highest BCUT2D eigenvalue weighted by Crippen LogP contribution is 2.17. The van der Waals surface area contributed by atoms with E-state index in [9.17, 15) is 14.4 Å². The molecule has 0 aromatic carbocycles. The van der Waals surface area contributed by atoms with Gasteiger partial charge in [0, 0.05) is 19.3 Å². The molecule has 0 fully saturated rings. The van der Waals surface area contributed by atoms with Crippen LogP contribution in [0.25, 0.3) is 0 Å². The van der Waals surface area contributed by atoms with Gasteiger partial charge in [0.05, 0.1) is 0 Å². The van der Waals surface area contributed by atoms with Gasteiger partial charge in [-0.15, -0.1) is 0 Å². The summed E-state index contributed by atoms with van der Waals surface area (Å²) in [5, 5.41) is 0. The van der Waals surface area contributed by atoms with Crippen molar-refractivity contribution >= 4 is 17.9 Å². The average Bonchev–Trinajstić information content (AvgIpc) is 3.43. The van der Waals surface area contributed by atoms with Crippen LogP contribution in [0.4, 0.5) is 0 Å². The van der Waals surface area contributed by atoms with Gasteiger partial charge in [0.2, 0.25) is 0 Å². The maximum absolute atomic E-state index is 12.9. The molecular formula is C71H126O6. The summed E-state index contributed by atoms with van der Waals surface area (Å²) in [5.74, 6) is -0.864. The number of allylic oxidation sites excluding steroid dienone is 12. The number of esters is 3. The number of ether oxygens (including phenoxy) is 3. The highest BCUT2D eigenvalue weighted by molar-refractivity contribution is 5.71. The number of hydrogen-bond donors (Lipinski definition) is 0. The summed E-state index contributed by atoms with van der Waals surface area (Å²) in [6.07, 6.45) is 84.9. The van der Waals surface area contributed by atoms with E-state index in [1.807, 2.05) is 0 Å². The number of hydrogen-bond acceptors (Lipinski definition) is 6. The second kappa shape index (κ2) is 65.4. The van der Waals surface area contributed by atoms with Crippen LogP contribution in [-0.2, 0) is 28.6 Å². The van der Waals surface area contributed by atoms with Crippen molar-refractivity contribution in [2.45, 2.75) is 348 Å². The summed E-state index contributed by atoms with van der Waals surface area (Å²) in [4.78, 5) is 38.3. The molecule has 446 valence electrons. The van der Waals surface area contributed by atoms with Gasteiger partial charge >= 0.3 is 17.9 Å². The first-order valence-corrected chi connectivity index (χ1v) is 33.4. The molecule has 0 N–H and O–H groups in total. The predicted molar refractivity (Wildman–Crippen MR) is 335 cm³/mol. The molecule has 0 saturated heterocycles. The molecule has 0 rings (SSSR count). The molecule has 0 heterocycles. The minimum atomic E-state index is -0.776. The van der Waals surface area contributed by atoms with Crippen LogP contribution in [0.2, 0.25) is 0 Å². The second-order valence-electron chi connectivity index (χ2n) is 22.4. The highest BCUT2D eigenvalue weighted by atomic mass is 16.6. The molecule has 0 radical (unpaired) electrons. The minimum absolute atomic E-state index is 0.0734. The van der Waals surface area contributed by atoms with Gasteiger partial charge in [0.15, 0.2) is 6.10 Å². The largest absolute Gasteiger partial charge is 0.462 e. The van der Waals surface area contributed by atoms with Crippen molar-refractivity contribution in [2.75, 3.05) is 13.2 Å². The number of carbonyl (C=O) groups excluding carboxylic acids is 3. The van der Waals surface area contributed by atoms with E-state index in [0.717, 1.165) is 96.3 Å². The number of carbonyl (C=O) groups is 3. The Morgan fingerprint density at radius 3 is 0.805 bits per heavy atom. The second-order valence-corrected chi connectivity index (χ2v) is 22.4. The topological polar surface area (TPSA) is 78.9 Å². The zero-order valence-electron chi connectivity index (χ0n) is 51.2. The molecule has 1 atom stereocenters. The van der Waals surface area contributed by atoms with Crippen LogP contribution in [0, 0.1) is 0 Å². The van der Waals surface area contributed by atoms with Crippen molar-refractivity contribution in [3.8, 4) is 0 Å². The lowest BCUT2D eigenvalue weighted by atomic mass is 10.0. The summed E-state index contributed by atoms with van der Waals surface area (Å²) in [7, 11) is 0. The van der Waals surface area contributed by atoms with E-state index in [1.165, 1.54) is 205 Å². The van der Waals surface area contributed by atoms with Gasteiger partial charge in [-0.3, -0.25) is 14.4 Å². The van der Waals surface area contributed by atoms with Gasteiger partial charge in [-0.05, 0) is 89.9 Å². The van der Waals surface area contributed by atoms with Gasteiger partial charge in [-0.1, -0.05) is 306 Å². The van der Waals surface area contributed by atoms with E-state index in [4.69, 9.17) is 14.2 Å². The molecule has 0 aliphatic carbocycles. The zero-order valence-corrected chi connectivity index (χ0v) is 51.2. The molecule has 0 aromatic heterocycles. The van der Waals surface area contributed by atoms with Crippen LogP contribution < -0.4 is 0 Å². The fourth-order valence-electron chi connectivity index (χ4n) is 9.70. The van der Waals surface area contributed by atoms with Crippen LogP contribution in [0.3, 0.4) is 0 Å². The SMILES string of the molecule is CC/C=C\C/C=C\C/C=C\C/C=C\C/C=C\CCCCCCCCCCCCCCCCCC(=O)OCC(COC(=O)CCCCCCCCCCCCCC)OC(=O)CCCCCCC/C=C\CCCCCCCCC. The standard InChI is InChI=1S/C71H126O6/c1-4-7-10-13-16-19-22-25-27-29-30-31-32-33-34-35-36-37-38-39-40-41-42-43-45-46-49-52-55-58-61-64-70(73)76-67-68(66-75-69(72)63-60-57-54-51-48-24-21-18-15-12-9-6-3)77-71(74)65-62-59-56-53-50-47-44-28-26-23-20-17-14-11-8-5-2/h7,10,16,19,25,27-28,30-31,33-34,44,68H,4-6,8-9,11-15,17-18,20-24,26,29,32,35-43,45-67H2,1-3H3/b10-7-,19-16-,27-25-,31-30-,34-33-,44-28-. The first kappa shape index (κ1) is 73.8.